The van der Waals surface area contributed by atoms with E-state index < -0.39 is 0 Å². The Morgan fingerprint density at radius 2 is 2.21 bits per heavy atom. The van der Waals surface area contributed by atoms with E-state index in [9.17, 15) is 4.79 Å². The Bertz CT molecular complexity index is 328. The van der Waals surface area contributed by atoms with E-state index in [1.807, 2.05) is 0 Å². The lowest BCUT2D eigenvalue weighted by molar-refractivity contribution is -0.118. The first-order chi connectivity index (χ1) is 6.39. The average molecular weight is 275 g/mol. The molecule has 0 aromatic carbocycles. The number of rotatable bonds is 4. The van der Waals surface area contributed by atoms with E-state index in [4.69, 9.17) is 0 Å². The van der Waals surface area contributed by atoms with Crippen molar-refractivity contribution in [1.29, 1.82) is 0 Å². The third-order valence-electron chi connectivity index (χ3n) is 2.00. The molecule has 0 saturated carbocycles. The van der Waals surface area contributed by atoms with Crippen LogP contribution in [0.25, 0.3) is 0 Å². The van der Waals surface area contributed by atoms with Crippen molar-refractivity contribution in [2.45, 2.75) is 33.6 Å². The number of ketones is 1. The third-order valence-corrected chi connectivity index (χ3v) is 3.70. The van der Waals surface area contributed by atoms with Crippen LogP contribution in [-0.4, -0.2) is 5.78 Å². The molecule has 0 radical (unpaired) electrons. The third kappa shape index (κ3) is 3.93. The van der Waals surface area contributed by atoms with Crippen LogP contribution in [0.1, 0.15) is 32.1 Å². The molecule has 1 aromatic heterocycles. The fourth-order valence-corrected chi connectivity index (χ4v) is 3.36. The number of hydrogen-bond acceptors (Lipinski definition) is 2. The number of carbonyl (C=O) groups excluding carboxylic acids is 1. The van der Waals surface area contributed by atoms with Gasteiger partial charge in [-0.15, -0.1) is 11.3 Å². The van der Waals surface area contributed by atoms with Gasteiger partial charge in [-0.2, -0.15) is 0 Å². The highest BCUT2D eigenvalue weighted by molar-refractivity contribution is 9.10. The topological polar surface area (TPSA) is 17.1 Å². The number of Topliss-reactive ketones (excluding diaryl/α,β-unsaturated/α-hetero) is 1. The second-order valence-electron chi connectivity index (χ2n) is 4.45. The number of carbonyl (C=O) groups is 1. The first-order valence-corrected chi connectivity index (χ1v) is 6.29. The first-order valence-electron chi connectivity index (χ1n) is 4.61. The standard InChI is InChI=1S/C11H15BrOS/c1-8(13)5-11(2,3)6-10-4-9(12)7-14-10/h4,7H,5-6H2,1-3H3. The Morgan fingerprint density at radius 1 is 1.57 bits per heavy atom. The molecule has 0 aliphatic carbocycles. The van der Waals surface area contributed by atoms with Crippen molar-refractivity contribution in [2.24, 2.45) is 5.41 Å². The maximum atomic E-state index is 11.0. The van der Waals surface area contributed by atoms with Crippen LogP contribution in [0.15, 0.2) is 15.9 Å². The zero-order chi connectivity index (χ0) is 10.8. The summed E-state index contributed by atoms with van der Waals surface area (Å²) in [7, 11) is 0. The van der Waals surface area contributed by atoms with Crippen LogP contribution in [0.5, 0.6) is 0 Å². The largest absolute Gasteiger partial charge is 0.300 e. The molecule has 0 saturated heterocycles. The molecule has 0 spiro atoms. The molecule has 1 aromatic rings. The van der Waals surface area contributed by atoms with Crippen molar-refractivity contribution in [3.63, 3.8) is 0 Å². The monoisotopic (exact) mass is 274 g/mol. The molecule has 78 valence electrons. The van der Waals surface area contributed by atoms with Crippen LogP contribution < -0.4 is 0 Å². The predicted octanol–water partition coefficient (Wildman–Crippen LogP) is 4.06. The lowest BCUT2D eigenvalue weighted by Crippen LogP contribution is -2.17. The normalized spacial score (nSPS) is 11.7. The van der Waals surface area contributed by atoms with Crippen molar-refractivity contribution < 1.29 is 4.79 Å². The lowest BCUT2D eigenvalue weighted by atomic mass is 9.84. The van der Waals surface area contributed by atoms with Gasteiger partial charge in [0.05, 0.1) is 0 Å². The Kier molecular flexibility index (Phi) is 3.90. The summed E-state index contributed by atoms with van der Waals surface area (Å²) in [6.07, 6.45) is 1.63. The van der Waals surface area contributed by atoms with Gasteiger partial charge in [0.15, 0.2) is 0 Å². The molecule has 1 nitrogen and oxygen atoms in total. The van der Waals surface area contributed by atoms with E-state index in [1.54, 1.807) is 18.3 Å². The van der Waals surface area contributed by atoms with Crippen LogP contribution in [0.3, 0.4) is 0 Å². The maximum Gasteiger partial charge on any atom is 0.130 e. The lowest BCUT2D eigenvalue weighted by Gasteiger charge is -2.22. The fraction of sp³-hybridized carbons (Fsp3) is 0.545. The second-order valence-corrected chi connectivity index (χ2v) is 6.36. The Balaban J connectivity index is 2.63. The van der Waals surface area contributed by atoms with Gasteiger partial charge < -0.3 is 4.79 Å². The quantitative estimate of drug-likeness (QED) is 0.810. The summed E-state index contributed by atoms with van der Waals surface area (Å²) >= 11 is 5.18. The molecular formula is C11H15BrOS. The van der Waals surface area contributed by atoms with E-state index >= 15 is 0 Å². The summed E-state index contributed by atoms with van der Waals surface area (Å²) in [6, 6.07) is 2.13. The van der Waals surface area contributed by atoms with Crippen LogP contribution in [0.2, 0.25) is 0 Å². The summed E-state index contributed by atoms with van der Waals surface area (Å²) in [5.74, 6) is 0.269. The van der Waals surface area contributed by atoms with E-state index in [0.717, 1.165) is 10.9 Å². The van der Waals surface area contributed by atoms with Crippen molar-refractivity contribution in [2.75, 3.05) is 0 Å². The smallest absolute Gasteiger partial charge is 0.130 e. The van der Waals surface area contributed by atoms with Crippen molar-refractivity contribution >= 4 is 33.0 Å². The minimum absolute atomic E-state index is 0.0795. The average Bonchev–Trinajstić information content (AvgIpc) is 2.30. The number of halogens is 1. The van der Waals surface area contributed by atoms with Crippen molar-refractivity contribution in [3.05, 3.63) is 20.8 Å². The highest BCUT2D eigenvalue weighted by atomic mass is 79.9. The Morgan fingerprint density at radius 3 is 2.64 bits per heavy atom. The van der Waals surface area contributed by atoms with Crippen LogP contribution in [-0.2, 0) is 11.2 Å². The second kappa shape index (κ2) is 4.58. The van der Waals surface area contributed by atoms with E-state index in [0.29, 0.717) is 6.42 Å². The van der Waals surface area contributed by atoms with E-state index in [1.165, 1.54) is 4.88 Å². The summed E-state index contributed by atoms with van der Waals surface area (Å²) in [5, 5.41) is 2.08. The summed E-state index contributed by atoms with van der Waals surface area (Å²) in [6.45, 7) is 5.94. The molecule has 0 N–H and O–H groups in total. The molecule has 0 atom stereocenters. The van der Waals surface area contributed by atoms with Crippen LogP contribution >= 0.6 is 27.3 Å². The molecule has 0 aliphatic heterocycles. The highest BCUT2D eigenvalue weighted by Crippen LogP contribution is 2.30. The molecule has 0 amide bonds. The Hall–Kier alpha value is -0.150. The molecule has 1 rings (SSSR count). The molecular weight excluding hydrogens is 260 g/mol. The Labute approximate surface area is 97.7 Å². The zero-order valence-corrected chi connectivity index (χ0v) is 11.2. The van der Waals surface area contributed by atoms with Gasteiger partial charge in [0.2, 0.25) is 0 Å². The molecule has 0 aliphatic rings. The van der Waals surface area contributed by atoms with Gasteiger partial charge in [0, 0.05) is 21.2 Å². The fourth-order valence-electron chi connectivity index (χ4n) is 1.65. The van der Waals surface area contributed by atoms with Gasteiger partial charge in [-0.05, 0) is 40.8 Å². The van der Waals surface area contributed by atoms with Crippen molar-refractivity contribution in [3.8, 4) is 0 Å². The number of thiophene rings is 1. The predicted molar refractivity (Wildman–Crippen MR) is 64.8 cm³/mol. The molecule has 0 unspecified atom stereocenters. The highest BCUT2D eigenvalue weighted by Gasteiger charge is 2.21. The van der Waals surface area contributed by atoms with Crippen LogP contribution in [0, 0.1) is 5.41 Å². The van der Waals surface area contributed by atoms with Crippen molar-refractivity contribution in [1.82, 2.24) is 0 Å². The summed E-state index contributed by atoms with van der Waals surface area (Å²) in [5.41, 5.74) is 0.0795. The van der Waals surface area contributed by atoms with E-state index in [-0.39, 0.29) is 11.2 Å². The minimum atomic E-state index is 0.0795. The maximum absolute atomic E-state index is 11.0. The molecule has 3 heteroatoms. The van der Waals surface area contributed by atoms with Gasteiger partial charge in [0.1, 0.15) is 5.78 Å². The SMILES string of the molecule is CC(=O)CC(C)(C)Cc1cc(Br)cs1. The van der Waals surface area contributed by atoms with Gasteiger partial charge >= 0.3 is 0 Å². The molecule has 14 heavy (non-hydrogen) atoms. The summed E-state index contributed by atoms with van der Waals surface area (Å²) in [4.78, 5) is 12.4. The zero-order valence-electron chi connectivity index (χ0n) is 8.76. The van der Waals surface area contributed by atoms with Gasteiger partial charge in [-0.3, -0.25) is 0 Å². The first kappa shape index (κ1) is 11.9. The molecule has 0 fully saturated rings. The number of hydrogen-bond donors (Lipinski definition) is 0. The molecule has 0 bridgehead atoms. The van der Waals surface area contributed by atoms with Gasteiger partial charge in [-0.1, -0.05) is 13.8 Å². The minimum Gasteiger partial charge on any atom is -0.300 e. The summed E-state index contributed by atoms with van der Waals surface area (Å²) < 4.78 is 1.14. The van der Waals surface area contributed by atoms with Crippen LogP contribution in [0.4, 0.5) is 0 Å². The van der Waals surface area contributed by atoms with Gasteiger partial charge in [-0.25, -0.2) is 0 Å². The van der Waals surface area contributed by atoms with Gasteiger partial charge in [0.25, 0.3) is 0 Å². The molecule has 1 heterocycles. The van der Waals surface area contributed by atoms with E-state index in [2.05, 4.69) is 41.2 Å².